The Labute approximate surface area is 84.8 Å². The molecular formula is C11H17NO2. The molecule has 0 aliphatic heterocycles. The summed E-state index contributed by atoms with van der Waals surface area (Å²) in [5.74, 6) is 0. The largest absolute Gasteiger partial charge is 0.465 e. The van der Waals surface area contributed by atoms with Crippen LogP contribution in [-0.4, -0.2) is 17.7 Å². The monoisotopic (exact) mass is 195 g/mol. The van der Waals surface area contributed by atoms with E-state index in [1.165, 1.54) is 0 Å². The molecule has 2 N–H and O–H groups in total. The van der Waals surface area contributed by atoms with Crippen LogP contribution in [0.25, 0.3) is 0 Å². The molecular weight excluding hydrogens is 178 g/mol. The number of carboxylic acid groups (broad SMARTS) is 1. The van der Waals surface area contributed by atoms with Crippen molar-refractivity contribution < 1.29 is 9.90 Å². The number of amides is 1. The Morgan fingerprint density at radius 3 is 1.86 bits per heavy atom. The van der Waals surface area contributed by atoms with E-state index < -0.39 is 6.09 Å². The van der Waals surface area contributed by atoms with Crippen molar-refractivity contribution in [2.75, 3.05) is 6.54 Å². The van der Waals surface area contributed by atoms with Crippen LogP contribution in [0.3, 0.4) is 0 Å². The lowest BCUT2D eigenvalue weighted by Gasteiger charge is -1.94. The second kappa shape index (κ2) is 9.58. The van der Waals surface area contributed by atoms with E-state index in [0.717, 1.165) is 12.8 Å². The molecule has 0 aliphatic rings. The number of rotatable bonds is 3. The predicted octanol–water partition coefficient (Wildman–Crippen LogP) is 2.74. The summed E-state index contributed by atoms with van der Waals surface area (Å²) in [7, 11) is 0. The average molecular weight is 195 g/mol. The van der Waals surface area contributed by atoms with E-state index >= 15 is 0 Å². The van der Waals surface area contributed by atoms with Gasteiger partial charge in [0.2, 0.25) is 0 Å². The molecule has 0 aliphatic carbocycles. The van der Waals surface area contributed by atoms with Crippen LogP contribution in [0.2, 0.25) is 0 Å². The highest BCUT2D eigenvalue weighted by Crippen LogP contribution is 1.81. The molecule has 14 heavy (non-hydrogen) atoms. The van der Waals surface area contributed by atoms with Gasteiger partial charge in [0.25, 0.3) is 0 Å². The van der Waals surface area contributed by atoms with Gasteiger partial charge in [-0.15, -0.1) is 0 Å². The molecule has 0 saturated carbocycles. The molecule has 0 heterocycles. The molecule has 0 spiro atoms. The first-order chi connectivity index (χ1) is 6.77. The van der Waals surface area contributed by atoms with E-state index in [0.29, 0.717) is 6.54 Å². The third-order valence-electron chi connectivity index (χ3n) is 1.47. The Bertz CT molecular complexity index is 197. The van der Waals surface area contributed by atoms with Crippen molar-refractivity contribution >= 4 is 6.09 Å². The first-order valence-electron chi connectivity index (χ1n) is 4.74. The van der Waals surface area contributed by atoms with E-state index in [9.17, 15) is 4.79 Å². The van der Waals surface area contributed by atoms with Crippen LogP contribution in [0.4, 0.5) is 4.79 Å². The molecule has 0 aromatic heterocycles. The molecule has 1 aromatic rings. The lowest BCUT2D eigenvalue weighted by Crippen LogP contribution is -2.21. The Morgan fingerprint density at radius 2 is 1.57 bits per heavy atom. The molecule has 3 heteroatoms. The van der Waals surface area contributed by atoms with Gasteiger partial charge in [0.15, 0.2) is 0 Å². The topological polar surface area (TPSA) is 49.3 Å². The lowest BCUT2D eigenvalue weighted by atomic mass is 10.3. The average Bonchev–Trinajstić information content (AvgIpc) is 2.21. The van der Waals surface area contributed by atoms with Crippen molar-refractivity contribution in [2.24, 2.45) is 0 Å². The number of hydrogen-bond acceptors (Lipinski definition) is 1. The highest BCUT2D eigenvalue weighted by Gasteiger charge is 1.88. The van der Waals surface area contributed by atoms with E-state index in [1.807, 2.05) is 43.3 Å². The van der Waals surface area contributed by atoms with Crippen molar-refractivity contribution in [1.82, 2.24) is 5.32 Å². The lowest BCUT2D eigenvalue weighted by molar-refractivity contribution is 0.194. The minimum atomic E-state index is -0.932. The van der Waals surface area contributed by atoms with Gasteiger partial charge in [-0.05, 0) is 6.42 Å². The van der Waals surface area contributed by atoms with Crippen molar-refractivity contribution in [1.29, 1.82) is 0 Å². The summed E-state index contributed by atoms with van der Waals surface area (Å²) in [5.41, 5.74) is 0. The summed E-state index contributed by atoms with van der Waals surface area (Å²) in [6.07, 6.45) is 1.02. The standard InChI is InChI=1S/C6H6.C5H11NO2/c1-2-4-6-5-3-1;1-2-3-4-6-5(7)8/h1-6H;6H,2-4H2,1H3,(H,7,8). The van der Waals surface area contributed by atoms with Crippen LogP contribution < -0.4 is 5.32 Å². The molecule has 0 unspecified atom stereocenters. The predicted molar refractivity (Wildman–Crippen MR) is 57.4 cm³/mol. The van der Waals surface area contributed by atoms with Crippen molar-refractivity contribution in [2.45, 2.75) is 19.8 Å². The summed E-state index contributed by atoms with van der Waals surface area (Å²) in [6, 6.07) is 12.0. The SMILES string of the molecule is CCCCNC(=O)O.c1ccccc1. The van der Waals surface area contributed by atoms with Gasteiger partial charge in [-0.3, -0.25) is 0 Å². The maximum Gasteiger partial charge on any atom is 0.404 e. The molecule has 0 bridgehead atoms. The second-order valence-corrected chi connectivity index (χ2v) is 2.74. The molecule has 0 fully saturated rings. The zero-order valence-corrected chi connectivity index (χ0v) is 8.44. The van der Waals surface area contributed by atoms with Crippen molar-refractivity contribution in [3.8, 4) is 0 Å². The first kappa shape index (κ1) is 12.5. The Balaban J connectivity index is 0.000000249. The van der Waals surface area contributed by atoms with Crippen LogP contribution in [0, 0.1) is 0 Å². The van der Waals surface area contributed by atoms with Crippen molar-refractivity contribution in [3.05, 3.63) is 36.4 Å². The molecule has 0 atom stereocenters. The van der Waals surface area contributed by atoms with Gasteiger partial charge < -0.3 is 10.4 Å². The second-order valence-electron chi connectivity index (χ2n) is 2.74. The highest BCUT2D eigenvalue weighted by atomic mass is 16.4. The van der Waals surface area contributed by atoms with E-state index in [4.69, 9.17) is 5.11 Å². The zero-order valence-electron chi connectivity index (χ0n) is 8.44. The Morgan fingerprint density at radius 1 is 1.14 bits per heavy atom. The summed E-state index contributed by atoms with van der Waals surface area (Å²) < 4.78 is 0. The van der Waals surface area contributed by atoms with Crippen LogP contribution >= 0.6 is 0 Å². The highest BCUT2D eigenvalue weighted by molar-refractivity contribution is 5.64. The smallest absolute Gasteiger partial charge is 0.404 e. The molecule has 1 rings (SSSR count). The normalized spacial score (nSPS) is 8.36. The summed E-state index contributed by atoms with van der Waals surface area (Å²) in [4.78, 5) is 9.76. The first-order valence-corrected chi connectivity index (χ1v) is 4.74. The third-order valence-corrected chi connectivity index (χ3v) is 1.47. The fraction of sp³-hybridized carbons (Fsp3) is 0.364. The van der Waals surface area contributed by atoms with Gasteiger partial charge >= 0.3 is 6.09 Å². The van der Waals surface area contributed by atoms with Gasteiger partial charge in [0, 0.05) is 6.54 Å². The maximum absolute atomic E-state index is 9.76. The van der Waals surface area contributed by atoms with E-state index in [1.54, 1.807) is 0 Å². The molecule has 1 aromatic carbocycles. The molecule has 3 nitrogen and oxygen atoms in total. The molecule has 1 amide bonds. The fourth-order valence-electron chi connectivity index (χ4n) is 0.757. The van der Waals surface area contributed by atoms with E-state index in [-0.39, 0.29) is 0 Å². The van der Waals surface area contributed by atoms with Gasteiger partial charge in [-0.25, -0.2) is 4.79 Å². The molecule has 78 valence electrons. The van der Waals surface area contributed by atoms with Crippen LogP contribution in [-0.2, 0) is 0 Å². The van der Waals surface area contributed by atoms with Crippen LogP contribution in [0.1, 0.15) is 19.8 Å². The minimum Gasteiger partial charge on any atom is -0.465 e. The molecule has 0 saturated heterocycles. The third kappa shape index (κ3) is 10.5. The number of benzene rings is 1. The fourth-order valence-corrected chi connectivity index (χ4v) is 0.757. The van der Waals surface area contributed by atoms with Crippen LogP contribution in [0.15, 0.2) is 36.4 Å². The number of unbranched alkanes of at least 4 members (excludes halogenated alkanes) is 1. The quantitative estimate of drug-likeness (QED) is 0.728. The van der Waals surface area contributed by atoms with Gasteiger partial charge in [-0.1, -0.05) is 49.7 Å². The van der Waals surface area contributed by atoms with E-state index in [2.05, 4.69) is 5.32 Å². The number of nitrogens with one attached hydrogen (secondary N) is 1. The Kier molecular flexibility index (Phi) is 8.54. The van der Waals surface area contributed by atoms with Crippen molar-refractivity contribution in [3.63, 3.8) is 0 Å². The van der Waals surface area contributed by atoms with Gasteiger partial charge in [-0.2, -0.15) is 0 Å². The summed E-state index contributed by atoms with van der Waals surface area (Å²) in [5, 5.41) is 10.3. The minimum absolute atomic E-state index is 0.575. The zero-order chi connectivity index (χ0) is 10.6. The van der Waals surface area contributed by atoms with Gasteiger partial charge in [0.1, 0.15) is 0 Å². The Hall–Kier alpha value is -1.51. The number of hydrogen-bond donors (Lipinski definition) is 2. The summed E-state index contributed by atoms with van der Waals surface area (Å²) >= 11 is 0. The molecule has 0 radical (unpaired) electrons. The number of carbonyl (C=O) groups is 1. The maximum atomic E-state index is 9.76. The van der Waals surface area contributed by atoms with Gasteiger partial charge in [0.05, 0.1) is 0 Å². The van der Waals surface area contributed by atoms with Crippen LogP contribution in [0.5, 0.6) is 0 Å². The summed E-state index contributed by atoms with van der Waals surface area (Å²) in [6.45, 7) is 2.59.